The van der Waals surface area contributed by atoms with Gasteiger partial charge in [0.25, 0.3) is 0 Å². The van der Waals surface area contributed by atoms with E-state index in [1.54, 1.807) is 36.4 Å². The number of aryl methyl sites for hydroxylation is 4. The zero-order valence-corrected chi connectivity index (χ0v) is 36.3. The smallest absolute Gasteiger partial charge is 0.306 e. The fourth-order valence-corrected chi connectivity index (χ4v) is 7.40. The van der Waals surface area contributed by atoms with Crippen LogP contribution in [0, 0.1) is 13.8 Å². The molecule has 0 aliphatic rings. The second-order valence-electron chi connectivity index (χ2n) is 17.7. The molecule has 4 aromatic rings. The molecule has 10 nitrogen and oxygen atoms in total. The van der Waals surface area contributed by atoms with Crippen LogP contribution in [0.25, 0.3) is 0 Å². The van der Waals surface area contributed by atoms with Gasteiger partial charge in [-0.25, -0.2) is 0 Å². The van der Waals surface area contributed by atoms with Crippen molar-refractivity contribution in [2.45, 2.75) is 117 Å². The first-order valence-electron chi connectivity index (χ1n) is 20.4. The number of ether oxygens (including phenoxy) is 4. The summed E-state index contributed by atoms with van der Waals surface area (Å²) in [6.45, 7) is 18.8. The molecule has 0 radical (unpaired) electrons. The number of carbonyl (C=O) groups excluding carboxylic acids is 2. The SMILES string of the molecule is Cc1cc(CCC(=O)OCCOCCOC(COC(=O)CCc2cc(C)c(O)cc2C(C)(C)C)CC(C)(c2ccc(O)cc2)c2ccc(O)cc2)c(C(C)(C)C)cc1O. The lowest BCUT2D eigenvalue weighted by Crippen LogP contribution is -2.34. The Hall–Kier alpha value is -5.06. The maximum Gasteiger partial charge on any atom is 0.306 e. The summed E-state index contributed by atoms with van der Waals surface area (Å²) >= 11 is 0. The third-order valence-electron chi connectivity index (χ3n) is 10.8. The van der Waals surface area contributed by atoms with E-state index in [1.165, 1.54) is 0 Å². The van der Waals surface area contributed by atoms with Crippen LogP contribution < -0.4 is 0 Å². The van der Waals surface area contributed by atoms with E-state index >= 15 is 0 Å². The van der Waals surface area contributed by atoms with E-state index in [1.807, 2.05) is 57.2 Å². The largest absolute Gasteiger partial charge is 0.508 e. The van der Waals surface area contributed by atoms with Crippen LogP contribution in [0.1, 0.15) is 112 Å². The Morgan fingerprint density at radius 2 is 1.00 bits per heavy atom. The fraction of sp³-hybridized carbons (Fsp3) is 0.469. The van der Waals surface area contributed by atoms with E-state index in [-0.39, 0.29) is 91.6 Å². The Balaban J connectivity index is 1.38. The molecular weight excluding hydrogens is 749 g/mol. The van der Waals surface area contributed by atoms with Gasteiger partial charge in [-0.1, -0.05) is 84.9 Å². The van der Waals surface area contributed by atoms with E-state index < -0.39 is 11.5 Å². The zero-order chi connectivity index (χ0) is 43.5. The maximum absolute atomic E-state index is 13.3. The van der Waals surface area contributed by atoms with Crippen LogP contribution in [-0.4, -0.2) is 71.5 Å². The number of carbonyl (C=O) groups is 2. The van der Waals surface area contributed by atoms with Gasteiger partial charge in [-0.05, 0) is 125 Å². The predicted octanol–water partition coefficient (Wildman–Crippen LogP) is 9.17. The summed E-state index contributed by atoms with van der Waals surface area (Å²) in [5.41, 5.74) is 6.15. The number of rotatable bonds is 19. The van der Waals surface area contributed by atoms with Crippen molar-refractivity contribution in [3.8, 4) is 23.0 Å². The van der Waals surface area contributed by atoms with Crippen molar-refractivity contribution in [3.05, 3.63) is 117 Å². The number of hydrogen-bond acceptors (Lipinski definition) is 10. The first kappa shape index (κ1) is 46.6. The molecular formula is C49H64O10. The van der Waals surface area contributed by atoms with Crippen molar-refractivity contribution in [2.24, 2.45) is 0 Å². The van der Waals surface area contributed by atoms with Crippen molar-refractivity contribution < 1.29 is 49.0 Å². The van der Waals surface area contributed by atoms with Crippen LogP contribution in [0.3, 0.4) is 0 Å². The first-order chi connectivity index (χ1) is 27.7. The summed E-state index contributed by atoms with van der Waals surface area (Å²) in [6, 6.07) is 21.3. The molecule has 0 heterocycles. The lowest BCUT2D eigenvalue weighted by molar-refractivity contribution is -0.149. The van der Waals surface area contributed by atoms with Gasteiger partial charge in [0.1, 0.15) is 36.2 Å². The number of hydrogen-bond donors (Lipinski definition) is 4. The number of phenolic OH excluding ortho intramolecular Hbond substituents is 4. The first-order valence-corrected chi connectivity index (χ1v) is 20.4. The number of aromatic hydroxyl groups is 4. The van der Waals surface area contributed by atoms with Crippen LogP contribution in [0.15, 0.2) is 72.8 Å². The molecule has 0 spiro atoms. The fourth-order valence-electron chi connectivity index (χ4n) is 7.40. The van der Waals surface area contributed by atoms with Crippen molar-refractivity contribution >= 4 is 11.9 Å². The summed E-state index contributed by atoms with van der Waals surface area (Å²) in [6.07, 6.45) is 1.09. The van der Waals surface area contributed by atoms with Gasteiger partial charge < -0.3 is 39.4 Å². The molecule has 4 rings (SSSR count). The Morgan fingerprint density at radius 1 is 0.576 bits per heavy atom. The van der Waals surface area contributed by atoms with Crippen LogP contribution in [-0.2, 0) is 57.6 Å². The highest BCUT2D eigenvalue weighted by Crippen LogP contribution is 2.39. The van der Waals surface area contributed by atoms with Gasteiger partial charge in [0.15, 0.2) is 0 Å². The van der Waals surface area contributed by atoms with Gasteiger partial charge in [-0.15, -0.1) is 0 Å². The van der Waals surface area contributed by atoms with Crippen LogP contribution in [0.2, 0.25) is 0 Å². The van der Waals surface area contributed by atoms with Gasteiger partial charge in [0.05, 0.1) is 25.9 Å². The molecule has 4 aromatic carbocycles. The summed E-state index contributed by atoms with van der Waals surface area (Å²) < 4.78 is 23.4. The minimum absolute atomic E-state index is 0.0274. The molecule has 320 valence electrons. The van der Waals surface area contributed by atoms with Crippen LogP contribution in [0.5, 0.6) is 23.0 Å². The molecule has 0 aromatic heterocycles. The van der Waals surface area contributed by atoms with Crippen LogP contribution in [0.4, 0.5) is 0 Å². The van der Waals surface area contributed by atoms with Crippen molar-refractivity contribution in [1.82, 2.24) is 0 Å². The normalized spacial score (nSPS) is 12.6. The van der Waals surface area contributed by atoms with E-state index in [0.717, 1.165) is 44.5 Å². The highest BCUT2D eigenvalue weighted by atomic mass is 16.6. The predicted molar refractivity (Wildman–Crippen MR) is 229 cm³/mol. The topological polar surface area (TPSA) is 152 Å². The molecule has 1 atom stereocenters. The van der Waals surface area contributed by atoms with E-state index in [9.17, 15) is 30.0 Å². The average molecular weight is 813 g/mol. The van der Waals surface area contributed by atoms with E-state index in [4.69, 9.17) is 18.9 Å². The van der Waals surface area contributed by atoms with Gasteiger partial charge in [0, 0.05) is 18.3 Å². The minimum atomic E-state index is -0.675. The zero-order valence-electron chi connectivity index (χ0n) is 36.3. The molecule has 0 amide bonds. The van der Waals surface area contributed by atoms with Crippen molar-refractivity contribution in [1.29, 1.82) is 0 Å². The summed E-state index contributed by atoms with van der Waals surface area (Å²) in [5, 5.41) is 40.8. The molecule has 0 saturated heterocycles. The molecule has 59 heavy (non-hydrogen) atoms. The molecule has 4 N–H and O–H groups in total. The Morgan fingerprint density at radius 3 is 1.44 bits per heavy atom. The quantitative estimate of drug-likeness (QED) is 0.0533. The van der Waals surface area contributed by atoms with Crippen molar-refractivity contribution in [3.63, 3.8) is 0 Å². The summed E-state index contributed by atoms with van der Waals surface area (Å²) in [7, 11) is 0. The highest BCUT2D eigenvalue weighted by Gasteiger charge is 2.34. The lowest BCUT2D eigenvalue weighted by Gasteiger charge is -2.34. The van der Waals surface area contributed by atoms with Crippen molar-refractivity contribution in [2.75, 3.05) is 33.0 Å². The highest BCUT2D eigenvalue weighted by molar-refractivity contribution is 5.70. The molecule has 0 fully saturated rings. The number of phenols is 4. The molecule has 10 heteroatoms. The third kappa shape index (κ3) is 13.5. The number of esters is 2. The second-order valence-corrected chi connectivity index (χ2v) is 17.7. The van der Waals surface area contributed by atoms with E-state index in [0.29, 0.717) is 19.3 Å². The molecule has 0 saturated carbocycles. The third-order valence-corrected chi connectivity index (χ3v) is 10.8. The van der Waals surface area contributed by atoms with Gasteiger partial charge in [-0.2, -0.15) is 0 Å². The van der Waals surface area contributed by atoms with Gasteiger partial charge >= 0.3 is 11.9 Å². The Kier molecular flexibility index (Phi) is 16.0. The standard InChI is InChI=1S/C49H64O10/c1-32-26-34(41(28-43(32)52)47(3,4)5)10-20-45(54)58-25-23-56-22-24-57-40(30-49(9,36-12-16-38(50)17-13-36)37-14-18-39(51)19-15-37)31-59-46(55)21-11-35-27-33(2)44(53)29-42(35)48(6,7)8/h12-19,26-29,40,50-53H,10-11,20-25,30-31H2,1-9H3. The van der Waals surface area contributed by atoms with Gasteiger partial charge in [-0.3, -0.25) is 9.59 Å². The minimum Gasteiger partial charge on any atom is -0.508 e. The summed E-state index contributed by atoms with van der Waals surface area (Å²) in [4.78, 5) is 25.9. The van der Waals surface area contributed by atoms with Crippen LogP contribution >= 0.6 is 0 Å². The molecule has 1 unspecified atom stereocenters. The van der Waals surface area contributed by atoms with Gasteiger partial charge in [0.2, 0.25) is 0 Å². The Labute approximate surface area is 350 Å². The molecule has 0 aliphatic carbocycles. The lowest BCUT2D eigenvalue weighted by atomic mass is 9.72. The summed E-state index contributed by atoms with van der Waals surface area (Å²) in [5.74, 6) is 0.0101. The van der Waals surface area contributed by atoms with E-state index in [2.05, 4.69) is 41.5 Å². The average Bonchev–Trinajstić information content (AvgIpc) is 3.16. The number of benzene rings is 4. The monoisotopic (exact) mass is 812 g/mol. The Bertz CT molecular complexity index is 1960. The second kappa shape index (κ2) is 20.3. The maximum atomic E-state index is 13.3. The molecule has 0 aliphatic heterocycles. The molecule has 0 bridgehead atoms.